The van der Waals surface area contributed by atoms with Gasteiger partial charge < -0.3 is 5.73 Å². The monoisotopic (exact) mass is 181 g/mol. The minimum atomic E-state index is -0.177. The van der Waals surface area contributed by atoms with Crippen molar-refractivity contribution in [2.24, 2.45) is 0 Å². The molecule has 2 N–H and O–H groups in total. The number of anilines is 1. The van der Waals surface area contributed by atoms with Crippen LogP contribution in [0.15, 0.2) is 30.9 Å². The van der Waals surface area contributed by atoms with Crippen LogP contribution in [0.4, 0.5) is 5.69 Å². The Morgan fingerprint density at radius 1 is 1.50 bits per heavy atom. The molecule has 12 heavy (non-hydrogen) atoms. The molecule has 2 nitrogen and oxygen atoms in total. The average molecular weight is 182 g/mol. The number of hydrogen-bond acceptors (Lipinski definition) is 2. The second kappa shape index (κ2) is 3.41. The number of halogens is 1. The Balaban J connectivity index is 3.17. The molecule has 0 saturated carbocycles. The largest absolute Gasteiger partial charge is 0.399 e. The third kappa shape index (κ3) is 1.86. The molecule has 1 aromatic carbocycles. The first kappa shape index (κ1) is 8.81. The van der Waals surface area contributed by atoms with Crippen LogP contribution in [0.2, 0.25) is 5.02 Å². The summed E-state index contributed by atoms with van der Waals surface area (Å²) in [7, 11) is 0. The molecule has 1 rings (SSSR count). The van der Waals surface area contributed by atoms with Crippen LogP contribution in [0.5, 0.6) is 0 Å². The highest BCUT2D eigenvalue weighted by molar-refractivity contribution is 6.31. The fourth-order valence-corrected chi connectivity index (χ4v) is 1.12. The molecule has 3 heteroatoms. The molecule has 0 aliphatic carbocycles. The third-order valence-electron chi connectivity index (χ3n) is 1.39. The predicted octanol–water partition coefficient (Wildman–Crippen LogP) is 2.29. The molecule has 0 aliphatic rings. The molecule has 62 valence electrons. The van der Waals surface area contributed by atoms with E-state index in [0.29, 0.717) is 16.3 Å². The standard InChI is InChI=1S/C9H8ClNO/c1-2-9(12)6-3-7(10)5-8(11)4-6/h2-5H,1,11H2. The molecular formula is C9H8ClNO. The number of carbonyl (C=O) groups excluding carboxylic acids is 1. The zero-order valence-electron chi connectivity index (χ0n) is 6.38. The van der Waals surface area contributed by atoms with Gasteiger partial charge in [0.25, 0.3) is 0 Å². The summed E-state index contributed by atoms with van der Waals surface area (Å²) in [4.78, 5) is 11.1. The summed E-state index contributed by atoms with van der Waals surface area (Å²) < 4.78 is 0. The van der Waals surface area contributed by atoms with Crippen LogP contribution < -0.4 is 5.73 Å². The summed E-state index contributed by atoms with van der Waals surface area (Å²) in [6.07, 6.45) is 1.23. The first-order valence-electron chi connectivity index (χ1n) is 3.36. The van der Waals surface area contributed by atoms with E-state index in [9.17, 15) is 4.79 Å². The molecule has 0 saturated heterocycles. The summed E-state index contributed by atoms with van der Waals surface area (Å²) in [5, 5.41) is 0.459. The van der Waals surface area contributed by atoms with Gasteiger partial charge >= 0.3 is 0 Å². The molecular weight excluding hydrogens is 174 g/mol. The Labute approximate surface area is 75.6 Å². The van der Waals surface area contributed by atoms with E-state index in [-0.39, 0.29) is 5.78 Å². The van der Waals surface area contributed by atoms with Gasteiger partial charge in [0.05, 0.1) is 0 Å². The number of ketones is 1. The van der Waals surface area contributed by atoms with E-state index in [4.69, 9.17) is 17.3 Å². The average Bonchev–Trinajstić information content (AvgIpc) is 2.01. The molecule has 0 bridgehead atoms. The van der Waals surface area contributed by atoms with Crippen LogP contribution in [0.1, 0.15) is 10.4 Å². The summed E-state index contributed by atoms with van der Waals surface area (Å²) in [5.41, 5.74) is 6.43. The van der Waals surface area contributed by atoms with Gasteiger partial charge in [0.2, 0.25) is 0 Å². The highest BCUT2D eigenvalue weighted by atomic mass is 35.5. The molecule has 0 unspecified atom stereocenters. The summed E-state index contributed by atoms with van der Waals surface area (Å²) in [6, 6.07) is 4.71. The van der Waals surface area contributed by atoms with Crippen LogP contribution in [0, 0.1) is 0 Å². The predicted molar refractivity (Wildman–Crippen MR) is 50.4 cm³/mol. The first-order valence-corrected chi connectivity index (χ1v) is 3.74. The van der Waals surface area contributed by atoms with Crippen LogP contribution in [0.25, 0.3) is 0 Å². The number of hydrogen-bond donors (Lipinski definition) is 1. The van der Waals surface area contributed by atoms with Crippen molar-refractivity contribution in [2.75, 3.05) is 5.73 Å². The van der Waals surface area contributed by atoms with E-state index in [1.54, 1.807) is 18.2 Å². The van der Waals surface area contributed by atoms with Gasteiger partial charge in [-0.15, -0.1) is 0 Å². The van der Waals surface area contributed by atoms with Crippen molar-refractivity contribution >= 4 is 23.1 Å². The Kier molecular flexibility index (Phi) is 2.51. The van der Waals surface area contributed by atoms with Gasteiger partial charge in [-0.05, 0) is 24.3 Å². The molecule has 1 aromatic rings. The van der Waals surface area contributed by atoms with Crippen molar-refractivity contribution < 1.29 is 4.79 Å². The van der Waals surface area contributed by atoms with E-state index in [0.717, 1.165) is 0 Å². The molecule has 0 heterocycles. The van der Waals surface area contributed by atoms with Gasteiger partial charge in [0, 0.05) is 16.3 Å². The second-order valence-electron chi connectivity index (χ2n) is 2.34. The number of rotatable bonds is 2. The number of nitrogens with two attached hydrogens (primary N) is 1. The number of nitrogen functional groups attached to an aromatic ring is 1. The van der Waals surface area contributed by atoms with Crippen molar-refractivity contribution in [1.29, 1.82) is 0 Å². The summed E-state index contributed by atoms with van der Waals surface area (Å²) in [5.74, 6) is -0.177. The van der Waals surface area contributed by atoms with Crippen molar-refractivity contribution in [3.63, 3.8) is 0 Å². The minimum Gasteiger partial charge on any atom is -0.399 e. The molecule has 0 aromatic heterocycles. The van der Waals surface area contributed by atoms with Crippen LogP contribution in [-0.4, -0.2) is 5.78 Å². The van der Waals surface area contributed by atoms with E-state index >= 15 is 0 Å². The maximum atomic E-state index is 11.1. The lowest BCUT2D eigenvalue weighted by Crippen LogP contribution is -1.95. The van der Waals surface area contributed by atoms with E-state index in [1.165, 1.54) is 6.08 Å². The Morgan fingerprint density at radius 2 is 2.17 bits per heavy atom. The molecule has 0 radical (unpaired) electrons. The molecule has 0 aliphatic heterocycles. The second-order valence-corrected chi connectivity index (χ2v) is 2.78. The van der Waals surface area contributed by atoms with Gasteiger partial charge in [0.1, 0.15) is 0 Å². The zero-order valence-corrected chi connectivity index (χ0v) is 7.14. The molecule has 0 amide bonds. The lowest BCUT2D eigenvalue weighted by molar-refractivity contribution is 0.104. The fraction of sp³-hybridized carbons (Fsp3) is 0. The number of carbonyl (C=O) groups is 1. The third-order valence-corrected chi connectivity index (χ3v) is 1.61. The molecule has 0 spiro atoms. The summed E-state index contributed by atoms with van der Waals surface area (Å²) in [6.45, 7) is 3.36. The highest BCUT2D eigenvalue weighted by Gasteiger charge is 2.02. The molecule has 0 atom stereocenters. The van der Waals surface area contributed by atoms with Gasteiger partial charge in [-0.3, -0.25) is 4.79 Å². The van der Waals surface area contributed by atoms with Crippen molar-refractivity contribution in [3.8, 4) is 0 Å². The first-order chi connectivity index (χ1) is 5.63. The zero-order chi connectivity index (χ0) is 9.14. The summed E-state index contributed by atoms with van der Waals surface area (Å²) >= 11 is 5.68. The van der Waals surface area contributed by atoms with Gasteiger partial charge in [-0.25, -0.2) is 0 Å². The number of allylic oxidation sites excluding steroid dienone is 1. The Morgan fingerprint density at radius 3 is 2.67 bits per heavy atom. The van der Waals surface area contributed by atoms with E-state index in [1.807, 2.05) is 0 Å². The van der Waals surface area contributed by atoms with Gasteiger partial charge in [-0.2, -0.15) is 0 Å². The van der Waals surface area contributed by atoms with E-state index in [2.05, 4.69) is 6.58 Å². The minimum absolute atomic E-state index is 0.177. The topological polar surface area (TPSA) is 43.1 Å². The quantitative estimate of drug-likeness (QED) is 0.432. The van der Waals surface area contributed by atoms with Gasteiger partial charge in [-0.1, -0.05) is 18.2 Å². The van der Waals surface area contributed by atoms with Crippen molar-refractivity contribution in [3.05, 3.63) is 41.4 Å². The highest BCUT2D eigenvalue weighted by Crippen LogP contribution is 2.16. The van der Waals surface area contributed by atoms with Crippen LogP contribution >= 0.6 is 11.6 Å². The Bertz CT molecular complexity index is 313. The van der Waals surface area contributed by atoms with Crippen molar-refractivity contribution in [1.82, 2.24) is 0 Å². The normalized spacial score (nSPS) is 9.42. The molecule has 0 fully saturated rings. The lowest BCUT2D eigenvalue weighted by atomic mass is 10.1. The maximum Gasteiger partial charge on any atom is 0.185 e. The van der Waals surface area contributed by atoms with Crippen molar-refractivity contribution in [2.45, 2.75) is 0 Å². The Hall–Kier alpha value is -1.28. The SMILES string of the molecule is C=CC(=O)c1cc(N)cc(Cl)c1. The number of benzene rings is 1. The van der Waals surface area contributed by atoms with Gasteiger partial charge in [0.15, 0.2) is 5.78 Å². The van der Waals surface area contributed by atoms with Crippen LogP contribution in [-0.2, 0) is 0 Å². The van der Waals surface area contributed by atoms with Crippen LogP contribution in [0.3, 0.4) is 0 Å². The van der Waals surface area contributed by atoms with E-state index < -0.39 is 0 Å². The maximum absolute atomic E-state index is 11.1. The fourth-order valence-electron chi connectivity index (χ4n) is 0.872. The smallest absolute Gasteiger partial charge is 0.185 e. The lowest BCUT2D eigenvalue weighted by Gasteiger charge is -1.98.